The summed E-state index contributed by atoms with van der Waals surface area (Å²) in [6, 6.07) is 9.32. The Morgan fingerprint density at radius 3 is 2.52 bits per heavy atom. The highest BCUT2D eigenvalue weighted by molar-refractivity contribution is 5.50. The molecule has 2 N–H and O–H groups in total. The minimum atomic E-state index is -4.54. The summed E-state index contributed by atoms with van der Waals surface area (Å²) in [5, 5.41) is 26.0. The van der Waals surface area contributed by atoms with E-state index in [2.05, 4.69) is 10.2 Å². The van der Waals surface area contributed by atoms with Gasteiger partial charge in [0.05, 0.1) is 0 Å². The fourth-order valence-corrected chi connectivity index (χ4v) is 3.21. The summed E-state index contributed by atoms with van der Waals surface area (Å²) >= 11 is 0. The van der Waals surface area contributed by atoms with Crippen LogP contribution in [0.4, 0.5) is 13.2 Å². The van der Waals surface area contributed by atoms with Gasteiger partial charge in [-0.05, 0) is 23.3 Å². The van der Waals surface area contributed by atoms with E-state index in [1.165, 1.54) is 18.2 Å². The van der Waals surface area contributed by atoms with E-state index in [4.69, 9.17) is 0 Å². The summed E-state index contributed by atoms with van der Waals surface area (Å²) in [5.74, 6) is -0.313. The molecule has 0 amide bonds. The highest BCUT2D eigenvalue weighted by Gasteiger charge is 2.65. The number of rotatable bonds is 3. The first kappa shape index (κ1) is 15.9. The Kier molecular flexibility index (Phi) is 3.30. The second-order valence-corrected chi connectivity index (χ2v) is 6.29. The van der Waals surface area contributed by atoms with Gasteiger partial charge >= 0.3 is 11.8 Å². The van der Waals surface area contributed by atoms with Crippen molar-refractivity contribution in [2.24, 2.45) is 10.2 Å². The summed E-state index contributed by atoms with van der Waals surface area (Å²) in [6.45, 7) is 1.38. The van der Waals surface area contributed by atoms with Gasteiger partial charge in [-0.25, -0.2) is 0 Å². The van der Waals surface area contributed by atoms with E-state index in [-0.39, 0.29) is 17.1 Å². The number of benzene rings is 2. The van der Waals surface area contributed by atoms with E-state index in [1.54, 1.807) is 18.2 Å². The van der Waals surface area contributed by atoms with Crippen LogP contribution in [0.1, 0.15) is 22.3 Å². The highest BCUT2D eigenvalue weighted by Crippen LogP contribution is 2.52. The third-order valence-corrected chi connectivity index (χ3v) is 4.57. The lowest BCUT2D eigenvalue weighted by Crippen LogP contribution is -2.30. The number of aromatic hydroxyl groups is 2. The molecule has 0 atom stereocenters. The van der Waals surface area contributed by atoms with Crippen molar-refractivity contribution in [2.75, 3.05) is 0 Å². The van der Waals surface area contributed by atoms with Crippen LogP contribution in [-0.2, 0) is 25.3 Å². The van der Waals surface area contributed by atoms with Crippen LogP contribution >= 0.6 is 0 Å². The molecule has 0 saturated heterocycles. The molecule has 0 aliphatic carbocycles. The average molecular weight is 349 g/mol. The van der Waals surface area contributed by atoms with Crippen molar-refractivity contribution in [3.63, 3.8) is 0 Å². The van der Waals surface area contributed by atoms with Crippen molar-refractivity contribution in [1.29, 1.82) is 0 Å². The maximum absolute atomic E-state index is 13.1. The van der Waals surface area contributed by atoms with Gasteiger partial charge in [-0.15, -0.1) is 10.2 Å². The SMILES string of the molecule is Oc1ccc2c(c1O)CN(Cc1cccc(C3(C(F)(F)F)N=N3)c1)C2. The standard InChI is InChI=1S/C17H14F3N3O2/c18-17(19,20)16(21-22-16)12-3-1-2-10(6-12)7-23-8-11-4-5-14(24)15(25)13(11)9-23/h1-6,24-25H,7-9H2. The van der Waals surface area contributed by atoms with Gasteiger partial charge in [-0.1, -0.05) is 24.3 Å². The Hall–Kier alpha value is -2.61. The molecule has 2 aliphatic heterocycles. The van der Waals surface area contributed by atoms with Crippen molar-refractivity contribution >= 4 is 0 Å². The number of hydrogen-bond donors (Lipinski definition) is 2. The topological polar surface area (TPSA) is 68.4 Å². The van der Waals surface area contributed by atoms with Crippen LogP contribution in [0.3, 0.4) is 0 Å². The minimum absolute atomic E-state index is 0.00898. The third-order valence-electron chi connectivity index (χ3n) is 4.57. The van der Waals surface area contributed by atoms with Gasteiger partial charge in [-0.2, -0.15) is 13.2 Å². The Morgan fingerprint density at radius 2 is 1.84 bits per heavy atom. The van der Waals surface area contributed by atoms with Crippen LogP contribution in [-0.4, -0.2) is 21.3 Å². The first-order chi connectivity index (χ1) is 11.8. The molecule has 2 aliphatic rings. The molecule has 2 aromatic rings. The number of hydrogen-bond acceptors (Lipinski definition) is 5. The molecule has 0 radical (unpaired) electrons. The van der Waals surface area contributed by atoms with Crippen molar-refractivity contribution in [2.45, 2.75) is 31.5 Å². The van der Waals surface area contributed by atoms with E-state index in [1.807, 2.05) is 4.90 Å². The summed E-state index contributed by atoms with van der Waals surface area (Å²) in [6.07, 6.45) is -4.54. The molecule has 8 heteroatoms. The maximum atomic E-state index is 13.1. The summed E-state index contributed by atoms with van der Waals surface area (Å²) in [7, 11) is 0. The number of nitrogens with zero attached hydrogens (tertiary/aromatic N) is 3. The fraction of sp³-hybridized carbons (Fsp3) is 0.294. The fourth-order valence-electron chi connectivity index (χ4n) is 3.21. The molecule has 0 saturated carbocycles. The predicted octanol–water partition coefficient (Wildman–Crippen LogP) is 3.79. The number of alkyl halides is 3. The van der Waals surface area contributed by atoms with E-state index >= 15 is 0 Å². The Bertz CT molecular complexity index is 874. The van der Waals surface area contributed by atoms with E-state index < -0.39 is 11.8 Å². The predicted molar refractivity (Wildman–Crippen MR) is 81.8 cm³/mol. The van der Waals surface area contributed by atoms with Gasteiger partial charge in [0.2, 0.25) is 0 Å². The largest absolute Gasteiger partial charge is 0.504 e. The van der Waals surface area contributed by atoms with Crippen molar-refractivity contribution in [1.82, 2.24) is 4.90 Å². The molecule has 4 rings (SSSR count). The molecule has 2 aromatic carbocycles. The molecule has 0 spiro atoms. The molecule has 2 heterocycles. The van der Waals surface area contributed by atoms with Crippen LogP contribution in [0.5, 0.6) is 11.5 Å². The second kappa shape index (κ2) is 5.19. The van der Waals surface area contributed by atoms with Crippen LogP contribution in [0, 0.1) is 0 Å². The first-order valence-electron chi connectivity index (χ1n) is 7.65. The summed E-state index contributed by atoms with van der Waals surface area (Å²) < 4.78 is 39.4. The normalized spacial score (nSPS) is 18.4. The Labute approximate surface area is 141 Å². The van der Waals surface area contributed by atoms with Gasteiger partial charge in [0, 0.05) is 30.8 Å². The van der Waals surface area contributed by atoms with E-state index in [0.717, 1.165) is 5.56 Å². The lowest BCUT2D eigenvalue weighted by Gasteiger charge is -2.18. The van der Waals surface area contributed by atoms with Crippen molar-refractivity contribution in [3.8, 4) is 11.5 Å². The highest BCUT2D eigenvalue weighted by atomic mass is 19.4. The minimum Gasteiger partial charge on any atom is -0.504 e. The Morgan fingerprint density at radius 1 is 1.08 bits per heavy atom. The van der Waals surface area contributed by atoms with E-state index in [9.17, 15) is 23.4 Å². The molecule has 25 heavy (non-hydrogen) atoms. The third kappa shape index (κ3) is 2.53. The lowest BCUT2D eigenvalue weighted by molar-refractivity contribution is -0.166. The first-order valence-corrected chi connectivity index (χ1v) is 7.65. The maximum Gasteiger partial charge on any atom is 0.442 e. The molecule has 0 bridgehead atoms. The Balaban J connectivity index is 1.54. The quantitative estimate of drug-likeness (QED) is 0.829. The molecular formula is C17H14F3N3O2. The molecule has 0 aromatic heterocycles. The van der Waals surface area contributed by atoms with Gasteiger partial charge in [0.1, 0.15) is 0 Å². The molecule has 0 fully saturated rings. The van der Waals surface area contributed by atoms with Gasteiger partial charge in [0.15, 0.2) is 11.5 Å². The summed E-state index contributed by atoms with van der Waals surface area (Å²) in [5.41, 5.74) is -0.161. The van der Waals surface area contributed by atoms with Gasteiger partial charge in [-0.3, -0.25) is 4.90 Å². The number of phenolic OH excluding ortho intramolecular Hbond substituents is 2. The van der Waals surface area contributed by atoms with E-state index in [0.29, 0.717) is 30.8 Å². The van der Waals surface area contributed by atoms with Gasteiger partial charge in [0.25, 0.3) is 0 Å². The second-order valence-electron chi connectivity index (χ2n) is 6.29. The zero-order chi connectivity index (χ0) is 17.8. The number of fused-ring (bicyclic) bond motifs is 1. The van der Waals surface area contributed by atoms with Gasteiger partial charge < -0.3 is 10.2 Å². The van der Waals surface area contributed by atoms with Crippen LogP contribution in [0.2, 0.25) is 0 Å². The number of halogens is 3. The zero-order valence-corrected chi connectivity index (χ0v) is 13.0. The number of phenols is 2. The smallest absolute Gasteiger partial charge is 0.442 e. The summed E-state index contributed by atoms with van der Waals surface area (Å²) in [4.78, 5) is 1.98. The zero-order valence-electron chi connectivity index (χ0n) is 13.0. The molecular weight excluding hydrogens is 335 g/mol. The lowest BCUT2D eigenvalue weighted by atomic mass is 10.0. The molecule has 130 valence electrons. The van der Waals surface area contributed by atoms with Crippen LogP contribution < -0.4 is 0 Å². The van der Waals surface area contributed by atoms with Crippen molar-refractivity contribution in [3.05, 3.63) is 58.7 Å². The monoisotopic (exact) mass is 349 g/mol. The van der Waals surface area contributed by atoms with Crippen LogP contribution in [0.15, 0.2) is 46.6 Å². The molecule has 5 nitrogen and oxygen atoms in total. The average Bonchev–Trinajstić information content (AvgIpc) is 3.28. The van der Waals surface area contributed by atoms with Crippen molar-refractivity contribution < 1.29 is 23.4 Å². The molecule has 0 unspecified atom stereocenters. The van der Waals surface area contributed by atoms with Crippen LogP contribution in [0.25, 0.3) is 0 Å².